The Labute approximate surface area is 129 Å². The average molecular weight is 331 g/mol. The van der Waals surface area contributed by atoms with Crippen LogP contribution in [0.15, 0.2) is 0 Å². The number of nitrogens with zero attached hydrogens (tertiary/aromatic N) is 1. The molecule has 0 heterocycles. The molecular formula is C14H21CuNO4. The third-order valence-corrected chi connectivity index (χ3v) is 5.33. The number of carboxylic acids is 2. The van der Waals surface area contributed by atoms with Crippen molar-refractivity contribution in [3.8, 4) is 0 Å². The van der Waals surface area contributed by atoms with Gasteiger partial charge in [-0.3, -0.25) is 14.5 Å². The number of hydrogen-bond donors (Lipinski definition) is 2. The largest absolute Gasteiger partial charge is 0.480 e. The van der Waals surface area contributed by atoms with E-state index in [4.69, 9.17) is 10.2 Å². The Morgan fingerprint density at radius 1 is 0.900 bits per heavy atom. The van der Waals surface area contributed by atoms with Gasteiger partial charge in [0.05, 0.1) is 13.1 Å². The zero-order valence-corrected chi connectivity index (χ0v) is 12.3. The molecule has 4 aliphatic carbocycles. The predicted octanol–water partition coefficient (Wildman–Crippen LogP) is 1.42. The number of carbonyl (C=O) groups is 2. The van der Waals surface area contributed by atoms with Crippen molar-refractivity contribution in [2.45, 2.75) is 44.1 Å². The van der Waals surface area contributed by atoms with Gasteiger partial charge in [-0.1, -0.05) is 0 Å². The zero-order chi connectivity index (χ0) is 13.6. The van der Waals surface area contributed by atoms with Gasteiger partial charge in [0.15, 0.2) is 0 Å². The van der Waals surface area contributed by atoms with E-state index in [1.807, 2.05) is 0 Å². The molecule has 0 amide bonds. The molecule has 1 radical (unpaired) electrons. The second kappa shape index (κ2) is 5.66. The minimum Gasteiger partial charge on any atom is -0.480 e. The Morgan fingerprint density at radius 2 is 1.25 bits per heavy atom. The summed E-state index contributed by atoms with van der Waals surface area (Å²) < 4.78 is 0. The van der Waals surface area contributed by atoms with E-state index in [9.17, 15) is 9.59 Å². The van der Waals surface area contributed by atoms with Crippen LogP contribution in [0.4, 0.5) is 0 Å². The molecule has 20 heavy (non-hydrogen) atoms. The molecule has 0 atom stereocenters. The summed E-state index contributed by atoms with van der Waals surface area (Å²) in [5.41, 5.74) is -0.147. The van der Waals surface area contributed by atoms with Gasteiger partial charge in [0.1, 0.15) is 0 Å². The maximum Gasteiger partial charge on any atom is 0.317 e. The normalized spacial score (nSPS) is 37.8. The van der Waals surface area contributed by atoms with E-state index in [0.29, 0.717) is 17.8 Å². The molecular weight excluding hydrogens is 310 g/mol. The van der Waals surface area contributed by atoms with Gasteiger partial charge in [0.25, 0.3) is 0 Å². The fourth-order valence-corrected chi connectivity index (χ4v) is 5.17. The standard InChI is InChI=1S/C14H21NO4.Cu/c16-12(17)7-15(8-13(18)19)14-4-9-1-10(5-14)3-11(2-9)6-14;/h9-11H,1-8H2,(H,16,17)(H,18,19);. The molecule has 0 saturated heterocycles. The fourth-order valence-electron chi connectivity index (χ4n) is 5.17. The van der Waals surface area contributed by atoms with E-state index < -0.39 is 11.9 Å². The van der Waals surface area contributed by atoms with Crippen molar-refractivity contribution in [1.29, 1.82) is 0 Å². The summed E-state index contributed by atoms with van der Waals surface area (Å²) >= 11 is 0. The topological polar surface area (TPSA) is 77.8 Å². The van der Waals surface area contributed by atoms with Crippen molar-refractivity contribution in [2.24, 2.45) is 17.8 Å². The summed E-state index contributed by atoms with van der Waals surface area (Å²) in [5.74, 6) is 0.234. The van der Waals surface area contributed by atoms with Crippen molar-refractivity contribution in [2.75, 3.05) is 13.1 Å². The molecule has 0 aliphatic heterocycles. The summed E-state index contributed by atoms with van der Waals surface area (Å²) in [6.45, 7) is -0.281. The molecule has 5 nitrogen and oxygen atoms in total. The number of carboxylic acid groups (broad SMARTS) is 2. The van der Waals surface area contributed by atoms with Crippen LogP contribution in [0.2, 0.25) is 0 Å². The van der Waals surface area contributed by atoms with Gasteiger partial charge in [-0.2, -0.15) is 0 Å². The van der Waals surface area contributed by atoms with Crippen LogP contribution in [-0.2, 0) is 26.7 Å². The molecule has 4 saturated carbocycles. The molecule has 0 unspecified atom stereocenters. The van der Waals surface area contributed by atoms with Crippen LogP contribution in [0.25, 0.3) is 0 Å². The monoisotopic (exact) mass is 330 g/mol. The maximum absolute atomic E-state index is 11.0. The molecule has 4 bridgehead atoms. The van der Waals surface area contributed by atoms with Gasteiger partial charge in [0.2, 0.25) is 0 Å². The molecule has 4 rings (SSSR count). The van der Waals surface area contributed by atoms with Gasteiger partial charge in [-0.25, -0.2) is 0 Å². The first-order valence-corrected chi connectivity index (χ1v) is 7.15. The Bertz CT molecular complexity index is 361. The van der Waals surface area contributed by atoms with E-state index in [2.05, 4.69) is 0 Å². The Balaban J connectivity index is 0.00000147. The Hall–Kier alpha value is -0.581. The summed E-state index contributed by atoms with van der Waals surface area (Å²) in [6, 6.07) is 0. The second-order valence-corrected chi connectivity index (χ2v) is 6.79. The second-order valence-electron chi connectivity index (χ2n) is 6.79. The van der Waals surface area contributed by atoms with E-state index in [-0.39, 0.29) is 35.7 Å². The quantitative estimate of drug-likeness (QED) is 0.745. The number of hydrogen-bond acceptors (Lipinski definition) is 3. The Morgan fingerprint density at radius 3 is 1.55 bits per heavy atom. The first-order chi connectivity index (χ1) is 8.97. The third kappa shape index (κ3) is 2.87. The summed E-state index contributed by atoms with van der Waals surface area (Å²) in [4.78, 5) is 23.8. The van der Waals surface area contributed by atoms with E-state index in [1.165, 1.54) is 19.3 Å². The van der Waals surface area contributed by atoms with Crippen molar-refractivity contribution < 1.29 is 36.9 Å². The molecule has 0 aromatic carbocycles. The first kappa shape index (κ1) is 15.8. The molecule has 117 valence electrons. The minimum atomic E-state index is -0.919. The fraction of sp³-hybridized carbons (Fsp3) is 0.857. The molecule has 0 aromatic heterocycles. The van der Waals surface area contributed by atoms with Gasteiger partial charge < -0.3 is 10.2 Å². The van der Waals surface area contributed by atoms with Crippen molar-refractivity contribution >= 4 is 11.9 Å². The van der Waals surface area contributed by atoms with Crippen LogP contribution < -0.4 is 0 Å². The average Bonchev–Trinajstić information content (AvgIpc) is 2.24. The van der Waals surface area contributed by atoms with Crippen LogP contribution in [0.3, 0.4) is 0 Å². The van der Waals surface area contributed by atoms with Gasteiger partial charge in [-0.05, 0) is 56.3 Å². The van der Waals surface area contributed by atoms with E-state index >= 15 is 0 Å². The summed E-state index contributed by atoms with van der Waals surface area (Å²) in [5, 5.41) is 18.1. The molecule has 6 heteroatoms. The van der Waals surface area contributed by atoms with Crippen molar-refractivity contribution in [1.82, 2.24) is 4.90 Å². The van der Waals surface area contributed by atoms with Crippen LogP contribution >= 0.6 is 0 Å². The number of rotatable bonds is 5. The smallest absolute Gasteiger partial charge is 0.317 e. The van der Waals surface area contributed by atoms with Crippen LogP contribution in [0.5, 0.6) is 0 Å². The molecule has 0 aromatic rings. The van der Waals surface area contributed by atoms with Crippen molar-refractivity contribution in [3.63, 3.8) is 0 Å². The predicted molar refractivity (Wildman–Crippen MR) is 67.7 cm³/mol. The SMILES string of the molecule is O=C(O)CN(CC(=O)O)C12CC3CC(CC(C3)C1)C2.[Cu]. The third-order valence-electron chi connectivity index (χ3n) is 5.33. The van der Waals surface area contributed by atoms with E-state index in [1.54, 1.807) is 4.90 Å². The maximum atomic E-state index is 11.0. The van der Waals surface area contributed by atoms with Crippen LogP contribution in [0, 0.1) is 17.8 Å². The minimum absolute atomic E-state index is 0. The summed E-state index contributed by atoms with van der Waals surface area (Å²) in [6.07, 6.45) is 6.81. The van der Waals surface area contributed by atoms with Gasteiger partial charge >= 0.3 is 11.9 Å². The van der Waals surface area contributed by atoms with Gasteiger partial charge in [0, 0.05) is 22.6 Å². The van der Waals surface area contributed by atoms with E-state index in [0.717, 1.165) is 19.3 Å². The Kier molecular flexibility index (Phi) is 4.47. The summed E-state index contributed by atoms with van der Waals surface area (Å²) in [7, 11) is 0. The first-order valence-electron chi connectivity index (χ1n) is 7.15. The van der Waals surface area contributed by atoms with Crippen molar-refractivity contribution in [3.05, 3.63) is 0 Å². The number of aliphatic carboxylic acids is 2. The van der Waals surface area contributed by atoms with Crippen LogP contribution in [0.1, 0.15) is 38.5 Å². The van der Waals surface area contributed by atoms with Gasteiger partial charge in [-0.15, -0.1) is 0 Å². The molecule has 0 spiro atoms. The molecule has 4 aliphatic rings. The zero-order valence-electron chi connectivity index (χ0n) is 11.3. The molecule has 4 fully saturated rings. The van der Waals surface area contributed by atoms with Crippen LogP contribution in [-0.4, -0.2) is 45.7 Å². The molecule has 2 N–H and O–H groups in total.